The summed E-state index contributed by atoms with van der Waals surface area (Å²) < 4.78 is 10.8. The van der Waals surface area contributed by atoms with E-state index >= 15 is 0 Å². The summed E-state index contributed by atoms with van der Waals surface area (Å²) in [5, 5.41) is 19.5. The molecule has 2 fully saturated rings. The Balaban J connectivity index is 1.55. The molecule has 3 heterocycles. The molecule has 2 aliphatic rings. The van der Waals surface area contributed by atoms with E-state index in [0.29, 0.717) is 37.6 Å². The molecule has 6 nitrogen and oxygen atoms in total. The highest BCUT2D eigenvalue weighted by Crippen LogP contribution is 2.40. The van der Waals surface area contributed by atoms with Gasteiger partial charge in [-0.2, -0.15) is 0 Å². The molecule has 132 valence electrons. The number of morpholine rings is 1. The highest BCUT2D eigenvalue weighted by atomic mass is 16.5. The number of hydrogen-bond acceptors (Lipinski definition) is 6. The summed E-state index contributed by atoms with van der Waals surface area (Å²) in [7, 11) is 1.56. The number of aliphatic hydroxyl groups is 1. The van der Waals surface area contributed by atoms with Crippen molar-refractivity contribution in [3.63, 3.8) is 0 Å². The number of aromatic nitrogens is 2. The fourth-order valence-corrected chi connectivity index (χ4v) is 3.98. The van der Waals surface area contributed by atoms with E-state index in [2.05, 4.69) is 39.4 Å². The fourth-order valence-electron chi connectivity index (χ4n) is 3.98. The Morgan fingerprint density at radius 2 is 1.84 bits per heavy atom. The molecule has 0 aliphatic carbocycles. The largest absolute Gasteiger partial charge is 0.480 e. The van der Waals surface area contributed by atoms with Crippen molar-refractivity contribution in [3.05, 3.63) is 53.7 Å². The summed E-state index contributed by atoms with van der Waals surface area (Å²) >= 11 is 0. The standard InChI is InChI=1S/C19H23N3O3/c1-24-18-8-7-17(20-21-18)19(23)9-15-12-25-13-16(10-19)22(15)11-14-5-3-2-4-6-14/h2-8,15-16,23H,9-13H2,1H3. The van der Waals surface area contributed by atoms with Crippen LogP contribution in [0, 0.1) is 0 Å². The maximum atomic E-state index is 11.3. The smallest absolute Gasteiger partial charge is 0.233 e. The molecule has 1 N–H and O–H groups in total. The molecule has 1 aromatic heterocycles. The first kappa shape index (κ1) is 16.4. The number of nitrogens with zero attached hydrogens (tertiary/aromatic N) is 3. The van der Waals surface area contributed by atoms with E-state index in [1.54, 1.807) is 13.2 Å². The van der Waals surface area contributed by atoms with E-state index in [0.717, 1.165) is 6.54 Å². The van der Waals surface area contributed by atoms with Crippen LogP contribution in [0.1, 0.15) is 24.1 Å². The van der Waals surface area contributed by atoms with E-state index in [4.69, 9.17) is 9.47 Å². The van der Waals surface area contributed by atoms with Gasteiger partial charge in [-0.3, -0.25) is 4.90 Å². The highest BCUT2D eigenvalue weighted by molar-refractivity contribution is 5.20. The van der Waals surface area contributed by atoms with Crippen LogP contribution in [0.4, 0.5) is 0 Å². The Hall–Kier alpha value is -2.02. The first-order chi connectivity index (χ1) is 12.2. The summed E-state index contributed by atoms with van der Waals surface area (Å²) in [5.41, 5.74) is 0.935. The van der Waals surface area contributed by atoms with Crippen LogP contribution in [-0.2, 0) is 16.9 Å². The molecule has 1 aromatic carbocycles. The zero-order valence-electron chi connectivity index (χ0n) is 14.3. The first-order valence-corrected chi connectivity index (χ1v) is 8.66. The molecular weight excluding hydrogens is 318 g/mol. The van der Waals surface area contributed by atoms with Gasteiger partial charge >= 0.3 is 0 Å². The Morgan fingerprint density at radius 1 is 1.12 bits per heavy atom. The third kappa shape index (κ3) is 3.25. The molecule has 2 bridgehead atoms. The molecule has 2 unspecified atom stereocenters. The summed E-state index contributed by atoms with van der Waals surface area (Å²) in [6, 6.07) is 14.4. The zero-order chi connectivity index (χ0) is 17.3. The minimum absolute atomic E-state index is 0.168. The third-order valence-corrected chi connectivity index (χ3v) is 5.24. The van der Waals surface area contributed by atoms with Crippen LogP contribution >= 0.6 is 0 Å². The highest BCUT2D eigenvalue weighted by Gasteiger charge is 2.47. The van der Waals surface area contributed by atoms with E-state index < -0.39 is 5.60 Å². The van der Waals surface area contributed by atoms with Gasteiger partial charge in [0.1, 0.15) is 5.60 Å². The molecule has 2 atom stereocenters. The van der Waals surface area contributed by atoms with Gasteiger partial charge in [-0.15, -0.1) is 10.2 Å². The summed E-state index contributed by atoms with van der Waals surface area (Å²) in [5.74, 6) is 0.456. The lowest BCUT2D eigenvalue weighted by molar-refractivity contribution is -0.151. The number of rotatable bonds is 4. The Bertz CT molecular complexity index is 694. The monoisotopic (exact) mass is 341 g/mol. The Kier molecular flexibility index (Phi) is 4.41. The predicted molar refractivity (Wildman–Crippen MR) is 92.1 cm³/mol. The van der Waals surface area contributed by atoms with Crippen molar-refractivity contribution >= 4 is 0 Å². The van der Waals surface area contributed by atoms with E-state index in [1.807, 2.05) is 12.1 Å². The van der Waals surface area contributed by atoms with Crippen LogP contribution in [0.25, 0.3) is 0 Å². The van der Waals surface area contributed by atoms with E-state index in [-0.39, 0.29) is 12.1 Å². The van der Waals surface area contributed by atoms with Gasteiger partial charge in [0.05, 0.1) is 26.0 Å². The molecule has 0 saturated carbocycles. The number of benzene rings is 1. The van der Waals surface area contributed by atoms with Gasteiger partial charge in [-0.05, 0) is 24.5 Å². The third-order valence-electron chi connectivity index (χ3n) is 5.24. The topological polar surface area (TPSA) is 67.7 Å². The van der Waals surface area contributed by atoms with Crippen LogP contribution in [0.5, 0.6) is 5.88 Å². The zero-order valence-corrected chi connectivity index (χ0v) is 14.3. The molecule has 4 rings (SSSR count). The molecular formula is C19H23N3O3. The molecule has 25 heavy (non-hydrogen) atoms. The van der Waals surface area contributed by atoms with Crippen LogP contribution in [-0.4, -0.2) is 52.6 Å². The summed E-state index contributed by atoms with van der Waals surface area (Å²) in [6.07, 6.45) is 1.19. The molecule has 0 spiro atoms. The molecule has 0 radical (unpaired) electrons. The lowest BCUT2D eigenvalue weighted by Gasteiger charge is -2.51. The van der Waals surface area contributed by atoms with Crippen molar-refractivity contribution in [2.75, 3.05) is 20.3 Å². The molecule has 2 aromatic rings. The lowest BCUT2D eigenvalue weighted by Crippen LogP contribution is -2.60. The van der Waals surface area contributed by atoms with Gasteiger partial charge in [-0.1, -0.05) is 30.3 Å². The second-order valence-electron chi connectivity index (χ2n) is 6.90. The van der Waals surface area contributed by atoms with Gasteiger partial charge < -0.3 is 14.6 Å². The number of methoxy groups -OCH3 is 1. The van der Waals surface area contributed by atoms with Crippen molar-refractivity contribution in [1.82, 2.24) is 15.1 Å². The van der Waals surface area contributed by atoms with Crippen molar-refractivity contribution in [1.29, 1.82) is 0 Å². The van der Waals surface area contributed by atoms with Crippen LogP contribution in [0.3, 0.4) is 0 Å². The normalized spacial score (nSPS) is 29.4. The molecule has 2 aliphatic heterocycles. The maximum absolute atomic E-state index is 11.3. The number of ether oxygens (including phenoxy) is 2. The van der Waals surface area contributed by atoms with Crippen LogP contribution < -0.4 is 4.74 Å². The average molecular weight is 341 g/mol. The van der Waals surface area contributed by atoms with Gasteiger partial charge in [0.15, 0.2) is 0 Å². The van der Waals surface area contributed by atoms with Gasteiger partial charge in [0, 0.05) is 24.7 Å². The molecule has 2 saturated heterocycles. The quantitative estimate of drug-likeness (QED) is 0.914. The second kappa shape index (κ2) is 6.71. The number of piperidine rings is 1. The molecule has 0 amide bonds. The minimum Gasteiger partial charge on any atom is -0.480 e. The summed E-state index contributed by atoms with van der Waals surface area (Å²) in [4.78, 5) is 2.46. The predicted octanol–water partition coefficient (Wildman–Crippen LogP) is 1.74. The fraction of sp³-hybridized carbons (Fsp3) is 0.474. The number of fused-ring (bicyclic) bond motifs is 2. The van der Waals surface area contributed by atoms with Crippen molar-refractivity contribution in [3.8, 4) is 5.88 Å². The Labute approximate surface area is 147 Å². The van der Waals surface area contributed by atoms with E-state index in [9.17, 15) is 5.11 Å². The van der Waals surface area contributed by atoms with Crippen molar-refractivity contribution in [2.24, 2.45) is 0 Å². The minimum atomic E-state index is -0.967. The Morgan fingerprint density at radius 3 is 2.44 bits per heavy atom. The second-order valence-corrected chi connectivity index (χ2v) is 6.90. The SMILES string of the molecule is COc1ccc(C2(O)CC3COCC(C2)N3Cc2ccccc2)nn1. The summed E-state index contributed by atoms with van der Waals surface area (Å²) in [6.45, 7) is 2.15. The molecule has 6 heteroatoms. The van der Waals surface area contributed by atoms with Crippen LogP contribution in [0.15, 0.2) is 42.5 Å². The van der Waals surface area contributed by atoms with Gasteiger partial charge in [-0.25, -0.2) is 0 Å². The van der Waals surface area contributed by atoms with Gasteiger partial charge in [0.25, 0.3) is 0 Å². The van der Waals surface area contributed by atoms with E-state index in [1.165, 1.54) is 5.56 Å². The van der Waals surface area contributed by atoms with Gasteiger partial charge in [0.2, 0.25) is 5.88 Å². The lowest BCUT2D eigenvalue weighted by atomic mass is 9.79. The van der Waals surface area contributed by atoms with Crippen molar-refractivity contribution in [2.45, 2.75) is 37.1 Å². The first-order valence-electron chi connectivity index (χ1n) is 8.66. The maximum Gasteiger partial charge on any atom is 0.233 e. The van der Waals surface area contributed by atoms with Crippen molar-refractivity contribution < 1.29 is 14.6 Å². The average Bonchev–Trinajstić information content (AvgIpc) is 2.64. The van der Waals surface area contributed by atoms with Crippen LogP contribution in [0.2, 0.25) is 0 Å². The number of hydrogen-bond donors (Lipinski definition) is 1.